The Morgan fingerprint density at radius 3 is 2.29 bits per heavy atom. The molecule has 8 heteroatoms. The van der Waals surface area contributed by atoms with Crippen molar-refractivity contribution in [3.63, 3.8) is 0 Å². The Morgan fingerprint density at radius 2 is 1.66 bits per heavy atom. The van der Waals surface area contributed by atoms with Crippen molar-refractivity contribution in [2.75, 3.05) is 12.4 Å². The summed E-state index contributed by atoms with van der Waals surface area (Å²) in [6.07, 6.45) is 2.85. The maximum Gasteiger partial charge on any atom is 0.338 e. The Hall–Kier alpha value is -3.48. The second kappa shape index (κ2) is 12.3. The molecule has 0 atom stereocenters. The van der Waals surface area contributed by atoms with E-state index in [-0.39, 0.29) is 18.6 Å². The maximum atomic E-state index is 12.3. The van der Waals surface area contributed by atoms with Crippen molar-refractivity contribution in [2.45, 2.75) is 26.6 Å². The van der Waals surface area contributed by atoms with Crippen molar-refractivity contribution in [2.24, 2.45) is 0 Å². The molecule has 1 N–H and O–H groups in total. The molecule has 6 nitrogen and oxygen atoms in total. The first kappa shape index (κ1) is 26.1. The van der Waals surface area contributed by atoms with E-state index in [4.69, 9.17) is 37.4 Å². The first-order valence-electron chi connectivity index (χ1n) is 10.8. The first-order valence-corrected chi connectivity index (χ1v) is 11.6. The van der Waals surface area contributed by atoms with Crippen molar-refractivity contribution in [1.29, 1.82) is 0 Å². The van der Waals surface area contributed by atoms with Gasteiger partial charge in [0.1, 0.15) is 6.61 Å². The molecule has 3 rings (SSSR count). The third-order valence-electron chi connectivity index (χ3n) is 4.78. The van der Waals surface area contributed by atoms with Crippen LogP contribution >= 0.6 is 23.2 Å². The molecule has 0 saturated carbocycles. The van der Waals surface area contributed by atoms with Crippen molar-refractivity contribution < 1.29 is 23.8 Å². The van der Waals surface area contributed by atoms with Crippen LogP contribution in [0.3, 0.4) is 0 Å². The van der Waals surface area contributed by atoms with Gasteiger partial charge in [-0.05, 0) is 74.0 Å². The number of carbonyl (C=O) groups is 2. The van der Waals surface area contributed by atoms with Crippen molar-refractivity contribution in [1.82, 2.24) is 0 Å². The van der Waals surface area contributed by atoms with Gasteiger partial charge >= 0.3 is 5.97 Å². The molecule has 35 heavy (non-hydrogen) atoms. The van der Waals surface area contributed by atoms with Crippen LogP contribution in [0.2, 0.25) is 10.0 Å². The summed E-state index contributed by atoms with van der Waals surface area (Å²) in [5.74, 6) is 0.282. The van der Waals surface area contributed by atoms with Gasteiger partial charge in [0.25, 0.3) is 0 Å². The predicted molar refractivity (Wildman–Crippen MR) is 138 cm³/mol. The number of ether oxygens (including phenoxy) is 3. The predicted octanol–water partition coefficient (Wildman–Crippen LogP) is 6.80. The van der Waals surface area contributed by atoms with Gasteiger partial charge in [-0.2, -0.15) is 0 Å². The lowest BCUT2D eigenvalue weighted by Gasteiger charge is -2.13. The number of methoxy groups -OCH3 is 1. The van der Waals surface area contributed by atoms with Crippen LogP contribution in [0.4, 0.5) is 5.69 Å². The van der Waals surface area contributed by atoms with Gasteiger partial charge in [-0.1, -0.05) is 35.3 Å². The van der Waals surface area contributed by atoms with Gasteiger partial charge in [0.15, 0.2) is 11.5 Å². The molecule has 3 aromatic carbocycles. The molecular formula is C27H25Cl2NO5. The van der Waals surface area contributed by atoms with E-state index < -0.39 is 5.97 Å². The standard InChI is InChI=1S/C27H25Cl2NO5/c1-17(2)35-27(32)19-9-11-20(12-10-19)30-26(31)14-8-18-7-13-24(25(15-18)33-3)34-16-21-22(28)5-4-6-23(21)29/h4-15,17H,16H2,1-3H3,(H,30,31). The minimum Gasteiger partial charge on any atom is -0.493 e. The number of carbonyl (C=O) groups excluding carboxylic acids is 2. The fourth-order valence-electron chi connectivity index (χ4n) is 3.05. The van der Waals surface area contributed by atoms with Crippen LogP contribution < -0.4 is 14.8 Å². The monoisotopic (exact) mass is 513 g/mol. The molecule has 0 fully saturated rings. The summed E-state index contributed by atoms with van der Waals surface area (Å²) < 4.78 is 16.4. The van der Waals surface area contributed by atoms with E-state index in [1.807, 2.05) is 0 Å². The SMILES string of the molecule is COc1cc(C=CC(=O)Nc2ccc(C(=O)OC(C)C)cc2)ccc1OCc1c(Cl)cccc1Cl. The number of hydrogen-bond acceptors (Lipinski definition) is 5. The Balaban J connectivity index is 1.61. The lowest BCUT2D eigenvalue weighted by molar-refractivity contribution is -0.111. The van der Waals surface area contributed by atoms with Gasteiger partial charge in [0.2, 0.25) is 5.91 Å². The number of nitrogens with one attached hydrogen (secondary N) is 1. The van der Waals surface area contributed by atoms with E-state index in [1.165, 1.54) is 13.2 Å². The van der Waals surface area contributed by atoms with Gasteiger partial charge in [0.05, 0.1) is 18.8 Å². The quantitative estimate of drug-likeness (QED) is 0.251. The number of benzene rings is 3. The van der Waals surface area contributed by atoms with Crippen molar-refractivity contribution in [3.8, 4) is 11.5 Å². The molecule has 0 aliphatic carbocycles. The van der Waals surface area contributed by atoms with Gasteiger partial charge in [0, 0.05) is 27.4 Å². The Morgan fingerprint density at radius 1 is 0.971 bits per heavy atom. The van der Waals surface area contributed by atoms with Crippen molar-refractivity contribution >= 4 is 46.8 Å². The summed E-state index contributed by atoms with van der Waals surface area (Å²) in [7, 11) is 1.53. The van der Waals surface area contributed by atoms with Gasteiger partial charge in [-0.3, -0.25) is 4.79 Å². The fourth-order valence-corrected chi connectivity index (χ4v) is 3.56. The molecule has 1 amide bonds. The van der Waals surface area contributed by atoms with Crippen LogP contribution in [-0.4, -0.2) is 25.1 Å². The fraction of sp³-hybridized carbons (Fsp3) is 0.185. The first-order chi connectivity index (χ1) is 16.8. The zero-order chi connectivity index (χ0) is 25.4. The number of anilines is 1. The highest BCUT2D eigenvalue weighted by Gasteiger charge is 2.11. The highest BCUT2D eigenvalue weighted by Crippen LogP contribution is 2.31. The molecule has 0 aliphatic rings. The van der Waals surface area contributed by atoms with Crippen LogP contribution in [-0.2, 0) is 16.1 Å². The molecule has 0 bridgehead atoms. The molecule has 0 radical (unpaired) electrons. The van der Waals surface area contributed by atoms with Crippen molar-refractivity contribution in [3.05, 3.63) is 93.5 Å². The molecule has 3 aromatic rings. The van der Waals surface area contributed by atoms with Crippen LogP contribution in [0, 0.1) is 0 Å². The Labute approximate surface area is 214 Å². The normalized spacial score (nSPS) is 10.9. The Bertz CT molecular complexity index is 1200. The molecule has 0 heterocycles. The molecule has 182 valence electrons. The van der Waals surface area contributed by atoms with Crippen LogP contribution in [0.5, 0.6) is 11.5 Å². The third kappa shape index (κ3) is 7.50. The minimum atomic E-state index is -0.408. The van der Waals surface area contributed by atoms with E-state index in [1.54, 1.807) is 80.6 Å². The van der Waals surface area contributed by atoms with E-state index in [0.29, 0.717) is 38.4 Å². The zero-order valence-corrected chi connectivity index (χ0v) is 21.0. The van der Waals surface area contributed by atoms with Gasteiger partial charge in [-0.15, -0.1) is 0 Å². The third-order valence-corrected chi connectivity index (χ3v) is 5.49. The summed E-state index contributed by atoms with van der Waals surface area (Å²) in [6, 6.07) is 17.0. The lowest BCUT2D eigenvalue weighted by atomic mass is 10.1. The molecule has 0 aliphatic heterocycles. The van der Waals surface area contributed by atoms with Crippen LogP contribution in [0.1, 0.15) is 35.3 Å². The molecule has 0 aromatic heterocycles. The summed E-state index contributed by atoms with van der Waals surface area (Å²) in [5.41, 5.74) is 2.40. The lowest BCUT2D eigenvalue weighted by Crippen LogP contribution is -2.12. The second-order valence-electron chi connectivity index (χ2n) is 7.75. The zero-order valence-electron chi connectivity index (χ0n) is 19.5. The number of esters is 1. The molecular weight excluding hydrogens is 489 g/mol. The number of hydrogen-bond donors (Lipinski definition) is 1. The Kier molecular flexibility index (Phi) is 9.18. The number of rotatable bonds is 9. The average Bonchev–Trinajstić information content (AvgIpc) is 2.82. The van der Waals surface area contributed by atoms with E-state index >= 15 is 0 Å². The van der Waals surface area contributed by atoms with Crippen LogP contribution in [0.15, 0.2) is 66.7 Å². The highest BCUT2D eigenvalue weighted by atomic mass is 35.5. The minimum absolute atomic E-state index is 0.181. The molecule has 0 unspecified atom stereocenters. The summed E-state index contributed by atoms with van der Waals surface area (Å²) in [5, 5.41) is 3.79. The van der Waals surface area contributed by atoms with E-state index in [2.05, 4.69) is 5.32 Å². The summed E-state index contributed by atoms with van der Waals surface area (Å²) >= 11 is 12.4. The topological polar surface area (TPSA) is 73.9 Å². The summed E-state index contributed by atoms with van der Waals surface area (Å²) in [4.78, 5) is 24.2. The van der Waals surface area contributed by atoms with Crippen LogP contribution in [0.25, 0.3) is 6.08 Å². The number of halogens is 2. The maximum absolute atomic E-state index is 12.3. The highest BCUT2D eigenvalue weighted by molar-refractivity contribution is 6.35. The smallest absolute Gasteiger partial charge is 0.338 e. The summed E-state index contributed by atoms with van der Waals surface area (Å²) in [6.45, 7) is 3.75. The largest absolute Gasteiger partial charge is 0.493 e. The van der Waals surface area contributed by atoms with E-state index in [9.17, 15) is 9.59 Å². The van der Waals surface area contributed by atoms with Gasteiger partial charge in [-0.25, -0.2) is 4.79 Å². The molecule has 0 saturated heterocycles. The van der Waals surface area contributed by atoms with Gasteiger partial charge < -0.3 is 19.5 Å². The second-order valence-corrected chi connectivity index (χ2v) is 8.57. The van der Waals surface area contributed by atoms with E-state index in [0.717, 1.165) is 5.56 Å². The number of amides is 1. The molecule has 0 spiro atoms. The average molecular weight is 514 g/mol.